The van der Waals surface area contributed by atoms with Crippen LogP contribution in [0.15, 0.2) is 212 Å². The molecule has 3 aliphatic carbocycles. The second-order valence-corrected chi connectivity index (χ2v) is 16.0. The molecule has 0 atom stereocenters. The van der Waals surface area contributed by atoms with Crippen molar-refractivity contribution in [3.63, 3.8) is 0 Å². The average molecular weight is 734 g/mol. The van der Waals surface area contributed by atoms with Crippen molar-refractivity contribution < 1.29 is 0 Å². The van der Waals surface area contributed by atoms with Crippen molar-refractivity contribution in [1.29, 1.82) is 0 Å². The maximum atomic E-state index is 2.50. The summed E-state index contributed by atoms with van der Waals surface area (Å²) in [6.07, 6.45) is 0. The van der Waals surface area contributed by atoms with Gasteiger partial charge in [0.1, 0.15) is 0 Å². The molecule has 13 rings (SSSR count). The molecule has 10 aromatic rings. The molecule has 0 bridgehead atoms. The SMILES string of the molecule is c1ccc(-c2ccc(N(c3ccc4cc5c(cc4c3)-c3cc4ccccc4cc3-5)c3cccc4c3-c3ccccc3C43c4ccccc4-c4ccccc43)cc2)cc1. The third-order valence-corrected chi connectivity index (χ3v) is 13.2. The first-order chi connectivity index (χ1) is 28.8. The quantitative estimate of drug-likeness (QED) is 0.174. The lowest BCUT2D eigenvalue weighted by molar-refractivity contribution is 0.794. The van der Waals surface area contributed by atoms with Crippen LogP contribution in [-0.4, -0.2) is 0 Å². The van der Waals surface area contributed by atoms with E-state index in [2.05, 4.69) is 217 Å². The Morgan fingerprint density at radius 1 is 0.276 bits per heavy atom. The maximum Gasteiger partial charge on any atom is 0.0726 e. The molecule has 3 aliphatic rings. The van der Waals surface area contributed by atoms with Gasteiger partial charge in [0.15, 0.2) is 0 Å². The van der Waals surface area contributed by atoms with Gasteiger partial charge in [-0.3, -0.25) is 0 Å². The number of anilines is 3. The fraction of sp³-hybridized carbons (Fsp3) is 0.0175. The van der Waals surface area contributed by atoms with E-state index in [0.29, 0.717) is 0 Å². The van der Waals surface area contributed by atoms with E-state index in [0.717, 1.165) is 11.4 Å². The van der Waals surface area contributed by atoms with Gasteiger partial charge in [0, 0.05) is 16.9 Å². The van der Waals surface area contributed by atoms with Crippen molar-refractivity contribution in [3.8, 4) is 55.6 Å². The first-order valence-corrected chi connectivity index (χ1v) is 20.3. The zero-order chi connectivity index (χ0) is 38.0. The van der Waals surface area contributed by atoms with Gasteiger partial charge in [-0.1, -0.05) is 158 Å². The van der Waals surface area contributed by atoms with Crippen molar-refractivity contribution in [2.75, 3.05) is 4.90 Å². The molecule has 1 spiro atoms. The summed E-state index contributed by atoms with van der Waals surface area (Å²) >= 11 is 0. The third kappa shape index (κ3) is 4.20. The molecule has 0 N–H and O–H groups in total. The summed E-state index contributed by atoms with van der Waals surface area (Å²) in [6.45, 7) is 0. The van der Waals surface area contributed by atoms with Crippen molar-refractivity contribution in [2.24, 2.45) is 0 Å². The standard InChI is InChI=1S/C57H35N/c1-2-13-36(14-3-1)37-25-28-42(29-26-37)58(43-30-27-40-34-49-47-32-38-15-4-5-16-39(38)33-48(47)50(49)35-41(40)31-43)55-24-12-23-54-56(55)46-19-8-11-22-53(46)57(54)51-20-9-6-17-44(51)45-18-7-10-21-52(45)57/h1-35H. The first kappa shape index (κ1) is 31.7. The molecule has 0 aliphatic heterocycles. The van der Waals surface area contributed by atoms with Crippen molar-refractivity contribution in [3.05, 3.63) is 235 Å². The monoisotopic (exact) mass is 733 g/mol. The van der Waals surface area contributed by atoms with Gasteiger partial charge in [-0.2, -0.15) is 0 Å². The lowest BCUT2D eigenvalue weighted by atomic mass is 9.70. The van der Waals surface area contributed by atoms with Crippen molar-refractivity contribution in [1.82, 2.24) is 0 Å². The molecule has 0 amide bonds. The zero-order valence-corrected chi connectivity index (χ0v) is 31.7. The lowest BCUT2D eigenvalue weighted by Crippen LogP contribution is -2.26. The van der Waals surface area contributed by atoms with E-state index in [1.165, 1.54) is 105 Å². The van der Waals surface area contributed by atoms with Gasteiger partial charge in [-0.05, 0) is 148 Å². The highest BCUT2D eigenvalue weighted by molar-refractivity contribution is 6.12. The molecular formula is C57H35N. The summed E-state index contributed by atoms with van der Waals surface area (Å²) in [6, 6.07) is 79.3. The largest absolute Gasteiger partial charge is 0.310 e. The number of hydrogen-bond acceptors (Lipinski definition) is 1. The highest BCUT2D eigenvalue weighted by atomic mass is 15.1. The van der Waals surface area contributed by atoms with Gasteiger partial charge in [-0.15, -0.1) is 0 Å². The zero-order valence-electron chi connectivity index (χ0n) is 31.7. The minimum atomic E-state index is -0.415. The Morgan fingerprint density at radius 3 is 1.38 bits per heavy atom. The van der Waals surface area contributed by atoms with Gasteiger partial charge in [0.05, 0.1) is 11.1 Å². The van der Waals surface area contributed by atoms with E-state index in [1.807, 2.05) is 0 Å². The summed E-state index contributed by atoms with van der Waals surface area (Å²) in [5.74, 6) is 0. The Labute approximate surface area is 337 Å². The molecule has 10 aromatic carbocycles. The smallest absolute Gasteiger partial charge is 0.0726 e. The molecule has 0 radical (unpaired) electrons. The summed E-state index contributed by atoms with van der Waals surface area (Å²) in [5.41, 5.74) is 21.4. The minimum absolute atomic E-state index is 0.415. The predicted molar refractivity (Wildman–Crippen MR) is 242 cm³/mol. The van der Waals surface area contributed by atoms with Gasteiger partial charge in [-0.25, -0.2) is 0 Å². The van der Waals surface area contributed by atoms with Crippen LogP contribution in [0.25, 0.3) is 77.2 Å². The van der Waals surface area contributed by atoms with Gasteiger partial charge >= 0.3 is 0 Å². The van der Waals surface area contributed by atoms with Crippen molar-refractivity contribution in [2.45, 2.75) is 5.41 Å². The molecule has 0 heterocycles. The average Bonchev–Trinajstić information content (AvgIpc) is 3.76. The molecule has 0 aromatic heterocycles. The molecular weight excluding hydrogens is 699 g/mol. The number of benzene rings is 10. The summed E-state index contributed by atoms with van der Waals surface area (Å²) < 4.78 is 0. The van der Waals surface area contributed by atoms with E-state index in [1.54, 1.807) is 0 Å². The number of hydrogen-bond donors (Lipinski definition) is 0. The highest BCUT2D eigenvalue weighted by Gasteiger charge is 2.52. The number of nitrogens with zero attached hydrogens (tertiary/aromatic N) is 1. The van der Waals surface area contributed by atoms with Crippen LogP contribution in [0, 0.1) is 0 Å². The van der Waals surface area contributed by atoms with Gasteiger partial charge in [0.25, 0.3) is 0 Å². The molecule has 1 nitrogen and oxygen atoms in total. The third-order valence-electron chi connectivity index (χ3n) is 13.2. The Kier molecular flexibility index (Phi) is 6.43. The second-order valence-electron chi connectivity index (χ2n) is 16.0. The summed E-state index contributed by atoms with van der Waals surface area (Å²) in [4.78, 5) is 2.50. The summed E-state index contributed by atoms with van der Waals surface area (Å²) in [7, 11) is 0. The number of rotatable bonds is 4. The van der Waals surface area contributed by atoms with Crippen LogP contribution < -0.4 is 4.90 Å². The molecule has 58 heavy (non-hydrogen) atoms. The lowest BCUT2D eigenvalue weighted by Gasteiger charge is -2.32. The van der Waals surface area contributed by atoms with E-state index in [-0.39, 0.29) is 0 Å². The molecule has 0 saturated heterocycles. The second kappa shape index (κ2) is 11.8. The minimum Gasteiger partial charge on any atom is -0.310 e. The Bertz CT molecular complexity index is 3290. The Hall–Kier alpha value is -7.48. The molecule has 0 fully saturated rings. The van der Waals surface area contributed by atoms with Crippen LogP contribution in [0.5, 0.6) is 0 Å². The van der Waals surface area contributed by atoms with E-state index >= 15 is 0 Å². The summed E-state index contributed by atoms with van der Waals surface area (Å²) in [5, 5.41) is 5.07. The maximum absolute atomic E-state index is 2.50. The van der Waals surface area contributed by atoms with Crippen LogP contribution in [0.4, 0.5) is 17.1 Å². The molecule has 268 valence electrons. The van der Waals surface area contributed by atoms with Crippen molar-refractivity contribution >= 4 is 38.6 Å². The fourth-order valence-electron chi connectivity index (χ4n) is 10.7. The van der Waals surface area contributed by atoms with Crippen LogP contribution in [0.3, 0.4) is 0 Å². The number of fused-ring (bicyclic) bond motifs is 16. The van der Waals surface area contributed by atoms with Gasteiger partial charge in [0.2, 0.25) is 0 Å². The van der Waals surface area contributed by atoms with E-state index in [9.17, 15) is 0 Å². The van der Waals surface area contributed by atoms with Crippen LogP contribution in [-0.2, 0) is 5.41 Å². The van der Waals surface area contributed by atoms with E-state index in [4.69, 9.17) is 0 Å². The van der Waals surface area contributed by atoms with Crippen LogP contribution in [0.2, 0.25) is 0 Å². The van der Waals surface area contributed by atoms with Crippen LogP contribution in [0.1, 0.15) is 22.3 Å². The van der Waals surface area contributed by atoms with Gasteiger partial charge < -0.3 is 4.90 Å². The molecule has 0 unspecified atom stereocenters. The Morgan fingerprint density at radius 2 is 0.741 bits per heavy atom. The fourth-order valence-corrected chi connectivity index (χ4v) is 10.7. The molecule has 0 saturated carbocycles. The highest BCUT2D eigenvalue weighted by Crippen LogP contribution is 2.64. The topological polar surface area (TPSA) is 3.24 Å². The molecule has 1 heteroatoms. The van der Waals surface area contributed by atoms with Crippen LogP contribution >= 0.6 is 0 Å². The predicted octanol–water partition coefficient (Wildman–Crippen LogP) is 15.1. The Balaban J connectivity index is 1.04. The first-order valence-electron chi connectivity index (χ1n) is 20.3. The van der Waals surface area contributed by atoms with E-state index < -0.39 is 5.41 Å². The normalized spacial score (nSPS) is 13.3.